The number of aromatic nitrogens is 1. The Labute approximate surface area is 113 Å². The van der Waals surface area contributed by atoms with Gasteiger partial charge < -0.3 is 15.6 Å². The Morgan fingerprint density at radius 2 is 1.95 bits per heavy atom. The quantitative estimate of drug-likeness (QED) is 0.692. The summed E-state index contributed by atoms with van der Waals surface area (Å²) in [4.78, 5) is 14.9. The van der Waals surface area contributed by atoms with E-state index in [-0.39, 0.29) is 5.91 Å². The third kappa shape index (κ3) is 4.26. The molecule has 1 aromatic heterocycles. The molecule has 2 rings (SSSR count). The number of carbonyl (C=O) groups is 1. The van der Waals surface area contributed by atoms with Gasteiger partial charge in [-0.1, -0.05) is 17.7 Å². The Balaban J connectivity index is 1.65. The molecule has 0 saturated carbocycles. The number of carbonyl (C=O) groups excluding carboxylic acids is 1. The Kier molecular flexibility index (Phi) is 4.75. The number of nitrogens with one attached hydrogen (secondary N) is 3. The van der Waals surface area contributed by atoms with Crippen LogP contribution in [0.4, 0.5) is 0 Å². The van der Waals surface area contributed by atoms with Crippen molar-refractivity contribution in [1.29, 1.82) is 0 Å². The van der Waals surface area contributed by atoms with Crippen LogP contribution in [0.2, 0.25) is 0 Å². The second-order valence-electron chi connectivity index (χ2n) is 4.49. The predicted octanol–water partition coefficient (Wildman–Crippen LogP) is 1.84. The molecule has 4 heteroatoms. The van der Waals surface area contributed by atoms with Gasteiger partial charge in [0.15, 0.2) is 0 Å². The molecule has 0 saturated heterocycles. The maximum Gasteiger partial charge on any atom is 0.251 e. The molecular weight excluding hydrogens is 238 g/mol. The molecule has 1 amide bonds. The van der Waals surface area contributed by atoms with E-state index >= 15 is 0 Å². The van der Waals surface area contributed by atoms with Gasteiger partial charge in [-0.15, -0.1) is 0 Å². The van der Waals surface area contributed by atoms with E-state index in [0.29, 0.717) is 12.1 Å². The van der Waals surface area contributed by atoms with Crippen molar-refractivity contribution >= 4 is 5.91 Å². The van der Waals surface area contributed by atoms with Gasteiger partial charge in [0.05, 0.1) is 0 Å². The lowest BCUT2D eigenvalue weighted by Crippen LogP contribution is -2.31. The molecule has 0 radical (unpaired) electrons. The van der Waals surface area contributed by atoms with E-state index in [2.05, 4.69) is 15.6 Å². The molecule has 1 heterocycles. The summed E-state index contributed by atoms with van der Waals surface area (Å²) in [6, 6.07) is 11.6. The van der Waals surface area contributed by atoms with Crippen molar-refractivity contribution < 1.29 is 4.79 Å². The standard InChI is InChI=1S/C15H19N3O/c1-12-4-6-13(7-5-12)15(19)18-10-9-16-11-14-3-2-8-17-14/h2-8,16-17H,9-11H2,1H3,(H,18,19). The zero-order valence-corrected chi connectivity index (χ0v) is 11.1. The van der Waals surface area contributed by atoms with Crippen LogP contribution in [0.25, 0.3) is 0 Å². The van der Waals surface area contributed by atoms with Gasteiger partial charge in [0.2, 0.25) is 0 Å². The van der Waals surface area contributed by atoms with E-state index in [9.17, 15) is 4.79 Å². The Hall–Kier alpha value is -2.07. The van der Waals surface area contributed by atoms with Gasteiger partial charge >= 0.3 is 0 Å². The van der Waals surface area contributed by atoms with Crippen molar-refractivity contribution in [2.75, 3.05) is 13.1 Å². The minimum atomic E-state index is -0.0262. The third-order valence-corrected chi connectivity index (χ3v) is 2.88. The summed E-state index contributed by atoms with van der Waals surface area (Å²) < 4.78 is 0. The lowest BCUT2D eigenvalue weighted by molar-refractivity contribution is 0.0954. The molecular formula is C15H19N3O. The normalized spacial score (nSPS) is 10.4. The molecule has 2 aromatic rings. The average Bonchev–Trinajstić information content (AvgIpc) is 2.92. The summed E-state index contributed by atoms with van der Waals surface area (Å²) in [5.74, 6) is -0.0262. The van der Waals surface area contributed by atoms with E-state index in [4.69, 9.17) is 0 Å². The topological polar surface area (TPSA) is 56.9 Å². The first-order valence-corrected chi connectivity index (χ1v) is 6.43. The molecule has 0 spiro atoms. The third-order valence-electron chi connectivity index (χ3n) is 2.88. The van der Waals surface area contributed by atoms with E-state index in [0.717, 1.165) is 24.3 Å². The molecule has 0 aliphatic rings. The van der Waals surface area contributed by atoms with E-state index in [1.165, 1.54) is 0 Å². The highest BCUT2D eigenvalue weighted by molar-refractivity contribution is 5.94. The van der Waals surface area contributed by atoms with E-state index in [1.807, 2.05) is 49.5 Å². The number of benzene rings is 1. The highest BCUT2D eigenvalue weighted by Gasteiger charge is 2.03. The van der Waals surface area contributed by atoms with Gasteiger partial charge in [-0.25, -0.2) is 0 Å². The molecule has 1 aromatic carbocycles. The number of hydrogen-bond acceptors (Lipinski definition) is 2. The number of aryl methyl sites for hydroxylation is 1. The van der Waals surface area contributed by atoms with Gasteiger partial charge in [-0.05, 0) is 31.2 Å². The summed E-state index contributed by atoms with van der Waals surface area (Å²) in [6.45, 7) is 4.16. The van der Waals surface area contributed by atoms with Gasteiger partial charge in [0.1, 0.15) is 0 Å². The zero-order valence-electron chi connectivity index (χ0n) is 11.1. The van der Waals surface area contributed by atoms with Gasteiger partial charge in [-0.3, -0.25) is 4.79 Å². The maximum atomic E-state index is 11.8. The second-order valence-corrected chi connectivity index (χ2v) is 4.49. The largest absolute Gasteiger partial charge is 0.364 e. The summed E-state index contributed by atoms with van der Waals surface area (Å²) in [5.41, 5.74) is 3.00. The number of hydrogen-bond donors (Lipinski definition) is 3. The van der Waals surface area contributed by atoms with Crippen LogP contribution in [0, 0.1) is 6.92 Å². The van der Waals surface area contributed by atoms with Crippen LogP contribution in [0.3, 0.4) is 0 Å². The molecule has 0 atom stereocenters. The van der Waals surface area contributed by atoms with E-state index in [1.54, 1.807) is 0 Å². The van der Waals surface area contributed by atoms with Crippen LogP contribution in [-0.2, 0) is 6.54 Å². The summed E-state index contributed by atoms with van der Waals surface area (Å²) in [6.07, 6.45) is 1.90. The van der Waals surface area contributed by atoms with Crippen LogP contribution >= 0.6 is 0 Å². The molecule has 0 fully saturated rings. The van der Waals surface area contributed by atoms with Gasteiger partial charge in [-0.2, -0.15) is 0 Å². The summed E-state index contributed by atoms with van der Waals surface area (Å²) >= 11 is 0. The Morgan fingerprint density at radius 1 is 1.16 bits per heavy atom. The summed E-state index contributed by atoms with van der Waals surface area (Å²) in [5, 5.41) is 6.14. The number of rotatable bonds is 6. The monoisotopic (exact) mass is 257 g/mol. The van der Waals surface area contributed by atoms with Gasteiger partial charge in [0.25, 0.3) is 5.91 Å². The van der Waals surface area contributed by atoms with Crippen molar-refractivity contribution in [3.63, 3.8) is 0 Å². The maximum absolute atomic E-state index is 11.8. The highest BCUT2D eigenvalue weighted by atomic mass is 16.1. The van der Waals surface area contributed by atoms with Gasteiger partial charge in [0, 0.05) is 37.1 Å². The Morgan fingerprint density at radius 3 is 2.63 bits per heavy atom. The SMILES string of the molecule is Cc1ccc(C(=O)NCCNCc2ccc[nH]2)cc1. The van der Waals surface area contributed by atoms with Crippen molar-refractivity contribution in [1.82, 2.24) is 15.6 Å². The molecule has 4 nitrogen and oxygen atoms in total. The Bertz CT molecular complexity index is 503. The predicted molar refractivity (Wildman–Crippen MR) is 76.0 cm³/mol. The molecule has 100 valence electrons. The molecule has 0 aliphatic heterocycles. The summed E-state index contributed by atoms with van der Waals surface area (Å²) in [7, 11) is 0. The molecule has 0 aliphatic carbocycles. The highest BCUT2D eigenvalue weighted by Crippen LogP contribution is 2.02. The fourth-order valence-electron chi connectivity index (χ4n) is 1.77. The second kappa shape index (κ2) is 6.75. The van der Waals surface area contributed by atoms with Crippen molar-refractivity contribution in [2.45, 2.75) is 13.5 Å². The van der Waals surface area contributed by atoms with E-state index < -0.39 is 0 Å². The van der Waals surface area contributed by atoms with Crippen LogP contribution in [0.15, 0.2) is 42.6 Å². The van der Waals surface area contributed by atoms with Crippen LogP contribution < -0.4 is 10.6 Å². The lowest BCUT2D eigenvalue weighted by atomic mass is 10.1. The lowest BCUT2D eigenvalue weighted by Gasteiger charge is -2.06. The molecule has 19 heavy (non-hydrogen) atoms. The van der Waals surface area contributed by atoms with Crippen molar-refractivity contribution in [2.24, 2.45) is 0 Å². The fraction of sp³-hybridized carbons (Fsp3) is 0.267. The minimum Gasteiger partial charge on any atom is -0.364 e. The number of H-pyrrole nitrogens is 1. The molecule has 3 N–H and O–H groups in total. The molecule has 0 bridgehead atoms. The fourth-order valence-corrected chi connectivity index (χ4v) is 1.77. The van der Waals surface area contributed by atoms with Crippen LogP contribution in [0.5, 0.6) is 0 Å². The molecule has 0 unspecified atom stereocenters. The minimum absolute atomic E-state index is 0.0262. The number of amides is 1. The van der Waals surface area contributed by atoms with Crippen molar-refractivity contribution in [3.05, 3.63) is 59.4 Å². The zero-order chi connectivity index (χ0) is 13.5. The average molecular weight is 257 g/mol. The smallest absolute Gasteiger partial charge is 0.251 e. The van der Waals surface area contributed by atoms with Crippen molar-refractivity contribution in [3.8, 4) is 0 Å². The van der Waals surface area contributed by atoms with Crippen LogP contribution in [-0.4, -0.2) is 24.0 Å². The first kappa shape index (κ1) is 13.4. The van der Waals surface area contributed by atoms with Crippen LogP contribution in [0.1, 0.15) is 21.6 Å². The first-order chi connectivity index (χ1) is 9.25. The first-order valence-electron chi connectivity index (χ1n) is 6.43. The number of aromatic amines is 1.